The standard InChI is InChI=1S/C15H15N3O2S/c1-2-4-13(15-5-3-8-21-15)17-12-7-6-11(10-16)9-14(12)18(19)20/h3,5-9,13,17H,2,4H2,1H3. The Hall–Kier alpha value is -2.39. The van der Waals surface area contributed by atoms with Gasteiger partial charge in [0.1, 0.15) is 5.69 Å². The zero-order valence-electron chi connectivity index (χ0n) is 11.6. The molecule has 1 atom stereocenters. The van der Waals surface area contributed by atoms with E-state index in [1.54, 1.807) is 23.5 Å². The summed E-state index contributed by atoms with van der Waals surface area (Å²) in [6.45, 7) is 2.08. The molecule has 0 aliphatic carbocycles. The van der Waals surface area contributed by atoms with E-state index in [0.29, 0.717) is 5.69 Å². The number of nitro groups is 1. The van der Waals surface area contributed by atoms with E-state index in [2.05, 4.69) is 12.2 Å². The summed E-state index contributed by atoms with van der Waals surface area (Å²) in [5.74, 6) is 0. The van der Waals surface area contributed by atoms with Gasteiger partial charge in [-0.05, 0) is 30.0 Å². The first kappa shape index (κ1) is 15.0. The van der Waals surface area contributed by atoms with Crippen LogP contribution in [0.1, 0.15) is 36.2 Å². The molecule has 2 aromatic rings. The summed E-state index contributed by atoms with van der Waals surface area (Å²) in [5.41, 5.74) is 0.674. The van der Waals surface area contributed by atoms with Gasteiger partial charge < -0.3 is 5.32 Å². The topological polar surface area (TPSA) is 79.0 Å². The number of hydrogen-bond acceptors (Lipinski definition) is 5. The molecule has 1 aromatic heterocycles. The van der Waals surface area contributed by atoms with Crippen LogP contribution in [0.3, 0.4) is 0 Å². The summed E-state index contributed by atoms with van der Waals surface area (Å²) in [7, 11) is 0. The molecule has 0 spiro atoms. The molecule has 108 valence electrons. The van der Waals surface area contributed by atoms with Crippen LogP contribution in [0.2, 0.25) is 0 Å². The predicted octanol–water partition coefficient (Wildman–Crippen LogP) is 4.48. The van der Waals surface area contributed by atoms with Gasteiger partial charge in [0.15, 0.2) is 0 Å². The Morgan fingerprint density at radius 1 is 1.48 bits per heavy atom. The van der Waals surface area contributed by atoms with Crippen LogP contribution in [0.15, 0.2) is 35.7 Å². The van der Waals surface area contributed by atoms with Gasteiger partial charge in [-0.1, -0.05) is 19.4 Å². The summed E-state index contributed by atoms with van der Waals surface area (Å²) in [4.78, 5) is 11.9. The number of nitrogens with one attached hydrogen (secondary N) is 1. The molecule has 0 radical (unpaired) electrons. The second-order valence-corrected chi connectivity index (χ2v) is 5.58. The van der Waals surface area contributed by atoms with Crippen LogP contribution in [0.25, 0.3) is 0 Å². The minimum Gasteiger partial charge on any atom is -0.372 e. The van der Waals surface area contributed by atoms with Gasteiger partial charge in [0, 0.05) is 10.9 Å². The van der Waals surface area contributed by atoms with Crippen LogP contribution in [0.4, 0.5) is 11.4 Å². The average Bonchev–Trinajstić information content (AvgIpc) is 3.01. The van der Waals surface area contributed by atoms with Crippen molar-refractivity contribution in [3.8, 4) is 6.07 Å². The number of hydrogen-bond donors (Lipinski definition) is 1. The summed E-state index contributed by atoms with van der Waals surface area (Å²) in [6.07, 6.45) is 1.86. The lowest BCUT2D eigenvalue weighted by molar-refractivity contribution is -0.384. The molecule has 6 heteroatoms. The molecule has 0 fully saturated rings. The molecule has 1 heterocycles. The second kappa shape index (κ2) is 6.86. The van der Waals surface area contributed by atoms with Gasteiger partial charge >= 0.3 is 0 Å². The van der Waals surface area contributed by atoms with E-state index in [1.807, 2.05) is 23.6 Å². The van der Waals surface area contributed by atoms with Crippen LogP contribution >= 0.6 is 11.3 Å². The summed E-state index contributed by atoms with van der Waals surface area (Å²) in [6, 6.07) is 10.5. The number of nitrogens with zero attached hydrogens (tertiary/aromatic N) is 2. The molecular weight excluding hydrogens is 286 g/mol. The van der Waals surface area contributed by atoms with Gasteiger partial charge in [0.05, 0.1) is 22.6 Å². The monoisotopic (exact) mass is 301 g/mol. The molecule has 5 nitrogen and oxygen atoms in total. The fourth-order valence-electron chi connectivity index (χ4n) is 2.13. The number of nitriles is 1. The smallest absolute Gasteiger partial charge is 0.293 e. The SMILES string of the molecule is CCCC(Nc1ccc(C#N)cc1[N+](=O)[O-])c1cccs1. The van der Waals surface area contributed by atoms with Gasteiger partial charge in [-0.2, -0.15) is 5.26 Å². The Labute approximate surface area is 127 Å². The molecule has 1 N–H and O–H groups in total. The number of nitro benzene ring substituents is 1. The summed E-state index contributed by atoms with van der Waals surface area (Å²) < 4.78 is 0. The van der Waals surface area contributed by atoms with Crippen molar-refractivity contribution in [2.45, 2.75) is 25.8 Å². The Bertz CT molecular complexity index is 662. The van der Waals surface area contributed by atoms with Crippen molar-refractivity contribution in [2.24, 2.45) is 0 Å². The van der Waals surface area contributed by atoms with Gasteiger partial charge in [0.25, 0.3) is 5.69 Å². The van der Waals surface area contributed by atoms with Gasteiger partial charge in [-0.15, -0.1) is 11.3 Å². The first-order chi connectivity index (χ1) is 10.2. The molecule has 0 aliphatic heterocycles. The fourth-order valence-corrected chi connectivity index (χ4v) is 2.94. The molecule has 1 unspecified atom stereocenters. The van der Waals surface area contributed by atoms with Crippen LogP contribution < -0.4 is 5.32 Å². The lowest BCUT2D eigenvalue weighted by Gasteiger charge is -2.18. The van der Waals surface area contributed by atoms with E-state index in [0.717, 1.165) is 17.7 Å². The largest absolute Gasteiger partial charge is 0.372 e. The van der Waals surface area contributed by atoms with Gasteiger partial charge in [-0.3, -0.25) is 10.1 Å². The van der Waals surface area contributed by atoms with Crippen molar-refractivity contribution in [2.75, 3.05) is 5.32 Å². The molecule has 1 aromatic carbocycles. The highest BCUT2D eigenvalue weighted by molar-refractivity contribution is 7.10. The Balaban J connectivity index is 2.32. The maximum atomic E-state index is 11.2. The van der Waals surface area contributed by atoms with E-state index in [4.69, 9.17) is 5.26 Å². The Morgan fingerprint density at radius 3 is 2.86 bits per heavy atom. The minimum atomic E-state index is -0.458. The van der Waals surface area contributed by atoms with Crippen molar-refractivity contribution < 1.29 is 4.92 Å². The normalized spacial score (nSPS) is 11.6. The molecule has 0 saturated heterocycles. The van der Waals surface area contributed by atoms with Crippen LogP contribution in [-0.4, -0.2) is 4.92 Å². The highest BCUT2D eigenvalue weighted by Gasteiger charge is 2.19. The molecule has 0 amide bonds. The highest BCUT2D eigenvalue weighted by atomic mass is 32.1. The van der Waals surface area contributed by atoms with Crippen molar-refractivity contribution in [3.05, 3.63) is 56.3 Å². The molecule has 0 aliphatic rings. The van der Waals surface area contributed by atoms with E-state index in [9.17, 15) is 10.1 Å². The minimum absolute atomic E-state index is 0.0432. The number of rotatable bonds is 6. The first-order valence-corrected chi connectivity index (χ1v) is 7.52. The van der Waals surface area contributed by atoms with Crippen LogP contribution in [-0.2, 0) is 0 Å². The highest BCUT2D eigenvalue weighted by Crippen LogP contribution is 2.32. The number of benzene rings is 1. The lowest BCUT2D eigenvalue weighted by atomic mass is 10.1. The molecular formula is C15H15N3O2S. The van der Waals surface area contributed by atoms with Crippen LogP contribution in [0, 0.1) is 21.4 Å². The van der Waals surface area contributed by atoms with Gasteiger partial charge in [-0.25, -0.2) is 0 Å². The van der Waals surface area contributed by atoms with Crippen LogP contribution in [0.5, 0.6) is 0 Å². The lowest BCUT2D eigenvalue weighted by Crippen LogP contribution is -2.10. The molecule has 0 bridgehead atoms. The van der Waals surface area contributed by atoms with Crippen molar-refractivity contribution >= 4 is 22.7 Å². The maximum Gasteiger partial charge on any atom is 0.293 e. The Morgan fingerprint density at radius 2 is 2.29 bits per heavy atom. The number of thiophene rings is 1. The third-order valence-electron chi connectivity index (χ3n) is 3.12. The summed E-state index contributed by atoms with van der Waals surface area (Å²) >= 11 is 1.63. The zero-order valence-corrected chi connectivity index (χ0v) is 12.4. The van der Waals surface area contributed by atoms with E-state index < -0.39 is 4.92 Å². The van der Waals surface area contributed by atoms with Crippen molar-refractivity contribution in [3.63, 3.8) is 0 Å². The zero-order chi connectivity index (χ0) is 15.2. The number of anilines is 1. The first-order valence-electron chi connectivity index (χ1n) is 6.64. The van der Waals surface area contributed by atoms with Crippen molar-refractivity contribution in [1.82, 2.24) is 0 Å². The molecule has 2 rings (SSSR count). The summed E-state index contributed by atoms with van der Waals surface area (Å²) in [5, 5.41) is 25.3. The van der Waals surface area contributed by atoms with Gasteiger partial charge in [0.2, 0.25) is 0 Å². The average molecular weight is 301 g/mol. The molecule has 0 saturated carbocycles. The van der Waals surface area contributed by atoms with Crippen molar-refractivity contribution in [1.29, 1.82) is 5.26 Å². The quantitative estimate of drug-likeness (QED) is 0.630. The van der Waals surface area contributed by atoms with E-state index in [1.165, 1.54) is 6.07 Å². The van der Waals surface area contributed by atoms with E-state index in [-0.39, 0.29) is 17.3 Å². The van der Waals surface area contributed by atoms with E-state index >= 15 is 0 Å². The molecule has 21 heavy (non-hydrogen) atoms. The third-order valence-corrected chi connectivity index (χ3v) is 4.10. The second-order valence-electron chi connectivity index (χ2n) is 4.60. The Kier molecular flexibility index (Phi) is 4.90. The maximum absolute atomic E-state index is 11.2. The third kappa shape index (κ3) is 3.58. The fraction of sp³-hybridized carbons (Fsp3) is 0.267. The predicted molar refractivity (Wildman–Crippen MR) is 83.4 cm³/mol.